The van der Waals surface area contributed by atoms with Crippen LogP contribution in [0, 0.1) is 0 Å². The summed E-state index contributed by atoms with van der Waals surface area (Å²) >= 11 is 6.57. The number of aromatic nitrogens is 1. The Morgan fingerprint density at radius 1 is 1.26 bits per heavy atom. The fourth-order valence-electron chi connectivity index (χ4n) is 1.36. The Kier molecular flexibility index (Phi) is 4.93. The monoisotopic (exact) mass is 384 g/mol. The molecule has 1 N–H and O–H groups in total. The Hall–Kier alpha value is -1.40. The second-order valence-electron chi connectivity index (χ2n) is 3.66. The van der Waals surface area contributed by atoms with Gasteiger partial charge in [-0.25, -0.2) is 4.98 Å². The van der Waals surface area contributed by atoms with E-state index in [0.717, 1.165) is 14.8 Å². The Bertz CT molecular complexity index is 573. The summed E-state index contributed by atoms with van der Waals surface area (Å²) in [5.41, 5.74) is 0.719. The fourth-order valence-corrected chi connectivity index (χ4v) is 1.99. The van der Waals surface area contributed by atoms with Crippen molar-refractivity contribution in [3.63, 3.8) is 0 Å². The summed E-state index contributed by atoms with van der Waals surface area (Å²) in [4.78, 5) is 15.7. The minimum absolute atomic E-state index is 0.0597. The summed E-state index contributed by atoms with van der Waals surface area (Å²) in [7, 11) is 0. The van der Waals surface area contributed by atoms with Gasteiger partial charge in [-0.05, 0) is 46.3 Å². The van der Waals surface area contributed by atoms with Crippen molar-refractivity contribution in [3.8, 4) is 5.75 Å². The van der Waals surface area contributed by atoms with Crippen molar-refractivity contribution in [2.75, 3.05) is 11.9 Å². The van der Waals surface area contributed by atoms with Gasteiger partial charge in [0.2, 0.25) is 0 Å². The van der Waals surface area contributed by atoms with E-state index >= 15 is 0 Å². The number of ether oxygens (including phenoxy) is 1. The number of hydrogen-bond acceptors (Lipinski definition) is 3. The van der Waals surface area contributed by atoms with Gasteiger partial charge >= 0.3 is 0 Å². The maximum Gasteiger partial charge on any atom is 0.262 e. The molecule has 1 aromatic heterocycles. The fraction of sp³-hybridized carbons (Fsp3) is 0.0769. The molecule has 6 heteroatoms. The Labute approximate surface area is 127 Å². The summed E-state index contributed by atoms with van der Waals surface area (Å²) in [6, 6.07) is 10.9. The molecule has 0 bridgehead atoms. The molecule has 0 atom stereocenters. The molecule has 98 valence electrons. The van der Waals surface area contributed by atoms with Crippen molar-refractivity contribution >= 4 is 43.5 Å². The van der Waals surface area contributed by atoms with Crippen LogP contribution in [0.3, 0.4) is 0 Å². The standard InChI is InChI=1S/C13H10Br2N2O2/c14-9-2-1-3-10(6-9)17-13(18)8-19-11-4-5-12(15)16-7-11/h1-7H,8H2,(H,17,18). The summed E-state index contributed by atoms with van der Waals surface area (Å²) < 4.78 is 6.94. The zero-order chi connectivity index (χ0) is 13.7. The molecule has 0 aliphatic heterocycles. The highest BCUT2D eigenvalue weighted by atomic mass is 79.9. The van der Waals surface area contributed by atoms with Crippen LogP contribution in [0.25, 0.3) is 0 Å². The van der Waals surface area contributed by atoms with Gasteiger partial charge in [-0.2, -0.15) is 0 Å². The molecule has 1 aromatic carbocycles. The lowest BCUT2D eigenvalue weighted by molar-refractivity contribution is -0.118. The van der Waals surface area contributed by atoms with Crippen LogP contribution in [-0.4, -0.2) is 17.5 Å². The number of pyridine rings is 1. The van der Waals surface area contributed by atoms with E-state index in [0.29, 0.717) is 5.75 Å². The second kappa shape index (κ2) is 6.68. The van der Waals surface area contributed by atoms with E-state index in [1.807, 2.05) is 24.3 Å². The molecule has 0 saturated heterocycles. The third kappa shape index (κ3) is 4.65. The van der Waals surface area contributed by atoms with Gasteiger partial charge in [0.1, 0.15) is 10.4 Å². The molecule has 1 heterocycles. The average molecular weight is 386 g/mol. The summed E-state index contributed by atoms with van der Waals surface area (Å²) in [6.07, 6.45) is 1.55. The minimum Gasteiger partial charge on any atom is -0.482 e. The molecule has 0 aliphatic rings. The largest absolute Gasteiger partial charge is 0.482 e. The first-order valence-electron chi connectivity index (χ1n) is 5.43. The lowest BCUT2D eigenvalue weighted by Gasteiger charge is -2.07. The number of amides is 1. The maximum absolute atomic E-state index is 11.7. The van der Waals surface area contributed by atoms with E-state index in [2.05, 4.69) is 42.2 Å². The predicted octanol–water partition coefficient (Wildman–Crippen LogP) is 3.62. The molecule has 2 rings (SSSR count). The number of carbonyl (C=O) groups excluding carboxylic acids is 1. The van der Waals surface area contributed by atoms with Crippen molar-refractivity contribution in [1.29, 1.82) is 0 Å². The van der Waals surface area contributed by atoms with Crippen LogP contribution in [0.15, 0.2) is 51.7 Å². The minimum atomic E-state index is -0.221. The van der Waals surface area contributed by atoms with E-state index in [9.17, 15) is 4.79 Å². The molecule has 1 amide bonds. The van der Waals surface area contributed by atoms with Gasteiger partial charge < -0.3 is 10.1 Å². The Balaban J connectivity index is 1.86. The highest BCUT2D eigenvalue weighted by Crippen LogP contribution is 2.16. The van der Waals surface area contributed by atoms with Crippen molar-refractivity contribution < 1.29 is 9.53 Å². The zero-order valence-electron chi connectivity index (χ0n) is 9.77. The lowest BCUT2D eigenvalue weighted by Crippen LogP contribution is -2.20. The lowest BCUT2D eigenvalue weighted by atomic mass is 10.3. The van der Waals surface area contributed by atoms with Crippen molar-refractivity contribution in [1.82, 2.24) is 4.98 Å². The highest BCUT2D eigenvalue weighted by Gasteiger charge is 2.04. The quantitative estimate of drug-likeness (QED) is 0.817. The average Bonchev–Trinajstić information content (AvgIpc) is 2.38. The number of hydrogen-bond donors (Lipinski definition) is 1. The van der Waals surface area contributed by atoms with E-state index in [1.54, 1.807) is 18.3 Å². The van der Waals surface area contributed by atoms with Gasteiger partial charge in [0.25, 0.3) is 5.91 Å². The van der Waals surface area contributed by atoms with Crippen molar-refractivity contribution in [2.24, 2.45) is 0 Å². The molecule has 0 saturated carbocycles. The first-order valence-corrected chi connectivity index (χ1v) is 7.02. The van der Waals surface area contributed by atoms with E-state index < -0.39 is 0 Å². The summed E-state index contributed by atoms with van der Waals surface area (Å²) in [5.74, 6) is 0.327. The first kappa shape index (κ1) is 14.0. The van der Waals surface area contributed by atoms with Crippen LogP contribution in [0.1, 0.15) is 0 Å². The van der Waals surface area contributed by atoms with Crippen LogP contribution in [0.2, 0.25) is 0 Å². The molecule has 0 unspecified atom stereocenters. The van der Waals surface area contributed by atoms with Gasteiger partial charge in [0, 0.05) is 10.2 Å². The van der Waals surface area contributed by atoms with Gasteiger partial charge in [-0.1, -0.05) is 22.0 Å². The van der Waals surface area contributed by atoms with Gasteiger partial charge in [0.15, 0.2) is 6.61 Å². The molecule has 0 radical (unpaired) electrons. The third-order valence-electron chi connectivity index (χ3n) is 2.18. The van der Waals surface area contributed by atoms with Crippen LogP contribution in [-0.2, 0) is 4.79 Å². The van der Waals surface area contributed by atoms with Crippen LogP contribution in [0.5, 0.6) is 5.75 Å². The number of halogens is 2. The summed E-state index contributed by atoms with van der Waals surface area (Å²) in [6.45, 7) is -0.0597. The number of carbonyl (C=O) groups is 1. The number of nitrogens with one attached hydrogen (secondary N) is 1. The maximum atomic E-state index is 11.7. The Morgan fingerprint density at radius 3 is 2.79 bits per heavy atom. The predicted molar refractivity (Wildman–Crippen MR) is 80.2 cm³/mol. The topological polar surface area (TPSA) is 51.2 Å². The molecule has 0 spiro atoms. The number of anilines is 1. The molecule has 2 aromatic rings. The molecule has 0 fully saturated rings. The third-order valence-corrected chi connectivity index (χ3v) is 3.14. The van der Waals surface area contributed by atoms with E-state index in [4.69, 9.17) is 4.74 Å². The van der Waals surface area contributed by atoms with Gasteiger partial charge in [0.05, 0.1) is 6.20 Å². The van der Waals surface area contributed by atoms with Crippen molar-refractivity contribution in [3.05, 3.63) is 51.7 Å². The van der Waals surface area contributed by atoms with Crippen LogP contribution >= 0.6 is 31.9 Å². The van der Waals surface area contributed by atoms with Gasteiger partial charge in [-0.15, -0.1) is 0 Å². The first-order chi connectivity index (χ1) is 9.13. The van der Waals surface area contributed by atoms with Gasteiger partial charge in [-0.3, -0.25) is 4.79 Å². The highest BCUT2D eigenvalue weighted by molar-refractivity contribution is 9.10. The van der Waals surface area contributed by atoms with Crippen LogP contribution in [0.4, 0.5) is 5.69 Å². The molecule has 4 nitrogen and oxygen atoms in total. The van der Waals surface area contributed by atoms with E-state index in [1.165, 1.54) is 0 Å². The zero-order valence-corrected chi connectivity index (χ0v) is 12.9. The molecule has 19 heavy (non-hydrogen) atoms. The number of nitrogens with zero attached hydrogens (tertiary/aromatic N) is 1. The smallest absolute Gasteiger partial charge is 0.262 e. The number of benzene rings is 1. The normalized spacial score (nSPS) is 10.0. The number of rotatable bonds is 4. The van der Waals surface area contributed by atoms with E-state index in [-0.39, 0.29) is 12.5 Å². The molecular formula is C13H10Br2N2O2. The SMILES string of the molecule is O=C(COc1ccc(Br)nc1)Nc1cccc(Br)c1. The Morgan fingerprint density at radius 2 is 2.11 bits per heavy atom. The molecular weight excluding hydrogens is 376 g/mol. The van der Waals surface area contributed by atoms with Crippen LogP contribution < -0.4 is 10.1 Å². The second-order valence-corrected chi connectivity index (χ2v) is 5.39. The molecule has 0 aliphatic carbocycles. The van der Waals surface area contributed by atoms with Crippen molar-refractivity contribution in [2.45, 2.75) is 0 Å². The summed E-state index contributed by atoms with van der Waals surface area (Å²) in [5, 5.41) is 2.74.